The molecule has 13 heavy (non-hydrogen) atoms. The summed E-state index contributed by atoms with van der Waals surface area (Å²) in [6.07, 6.45) is 7.90. The SMILES string of the molecule is CCC[C@@H](N)C1CCC(C)(C)CC1. The molecule has 1 atom stereocenters. The van der Waals surface area contributed by atoms with Crippen LogP contribution in [-0.2, 0) is 0 Å². The fourth-order valence-electron chi connectivity index (χ4n) is 2.42. The number of hydrogen-bond acceptors (Lipinski definition) is 1. The Hall–Kier alpha value is -0.0400. The van der Waals surface area contributed by atoms with Gasteiger partial charge in [0, 0.05) is 6.04 Å². The fraction of sp³-hybridized carbons (Fsp3) is 1.00. The third-order valence-corrected chi connectivity index (χ3v) is 3.61. The average molecular weight is 183 g/mol. The highest BCUT2D eigenvalue weighted by Gasteiger charge is 2.29. The van der Waals surface area contributed by atoms with Crippen LogP contribution in [0, 0.1) is 11.3 Å². The van der Waals surface area contributed by atoms with E-state index in [4.69, 9.17) is 5.73 Å². The summed E-state index contributed by atoms with van der Waals surface area (Å²) in [5.74, 6) is 0.813. The molecule has 78 valence electrons. The van der Waals surface area contributed by atoms with E-state index in [-0.39, 0.29) is 0 Å². The highest BCUT2D eigenvalue weighted by Crippen LogP contribution is 2.39. The summed E-state index contributed by atoms with van der Waals surface area (Å²) in [5, 5.41) is 0. The van der Waals surface area contributed by atoms with Gasteiger partial charge in [0.25, 0.3) is 0 Å². The summed E-state index contributed by atoms with van der Waals surface area (Å²) in [5.41, 5.74) is 6.73. The van der Waals surface area contributed by atoms with E-state index < -0.39 is 0 Å². The monoisotopic (exact) mass is 183 g/mol. The lowest BCUT2D eigenvalue weighted by Crippen LogP contribution is -2.34. The summed E-state index contributed by atoms with van der Waals surface area (Å²) >= 11 is 0. The van der Waals surface area contributed by atoms with Gasteiger partial charge in [-0.1, -0.05) is 27.2 Å². The molecule has 0 aromatic rings. The van der Waals surface area contributed by atoms with Gasteiger partial charge in [0.05, 0.1) is 0 Å². The van der Waals surface area contributed by atoms with Crippen LogP contribution in [0.4, 0.5) is 0 Å². The molecule has 0 aromatic heterocycles. The maximum Gasteiger partial charge on any atom is 0.00670 e. The van der Waals surface area contributed by atoms with Crippen LogP contribution >= 0.6 is 0 Å². The van der Waals surface area contributed by atoms with E-state index >= 15 is 0 Å². The zero-order valence-electron chi connectivity index (χ0n) is 9.47. The molecular formula is C12H25N. The Labute approximate surface area is 83.1 Å². The van der Waals surface area contributed by atoms with E-state index in [1.165, 1.54) is 38.5 Å². The molecule has 0 heterocycles. The van der Waals surface area contributed by atoms with Gasteiger partial charge in [-0.3, -0.25) is 0 Å². The van der Waals surface area contributed by atoms with Crippen molar-refractivity contribution >= 4 is 0 Å². The van der Waals surface area contributed by atoms with Crippen LogP contribution in [-0.4, -0.2) is 6.04 Å². The summed E-state index contributed by atoms with van der Waals surface area (Å²) in [6.45, 7) is 7.00. The quantitative estimate of drug-likeness (QED) is 0.713. The molecule has 1 saturated carbocycles. The molecule has 0 amide bonds. The summed E-state index contributed by atoms with van der Waals surface area (Å²) in [4.78, 5) is 0. The lowest BCUT2D eigenvalue weighted by molar-refractivity contribution is 0.170. The van der Waals surface area contributed by atoms with Gasteiger partial charge in [-0.25, -0.2) is 0 Å². The largest absolute Gasteiger partial charge is 0.327 e. The Morgan fingerprint density at radius 2 is 1.85 bits per heavy atom. The van der Waals surface area contributed by atoms with Crippen molar-refractivity contribution in [3.63, 3.8) is 0 Å². The Morgan fingerprint density at radius 3 is 2.31 bits per heavy atom. The van der Waals surface area contributed by atoms with Crippen LogP contribution in [0.15, 0.2) is 0 Å². The van der Waals surface area contributed by atoms with Gasteiger partial charge in [-0.05, 0) is 43.4 Å². The van der Waals surface area contributed by atoms with Gasteiger partial charge >= 0.3 is 0 Å². The van der Waals surface area contributed by atoms with E-state index in [2.05, 4.69) is 20.8 Å². The lowest BCUT2D eigenvalue weighted by Gasteiger charge is -2.36. The van der Waals surface area contributed by atoms with Crippen LogP contribution in [0.2, 0.25) is 0 Å². The summed E-state index contributed by atoms with van der Waals surface area (Å²) in [6, 6.07) is 0.473. The minimum Gasteiger partial charge on any atom is -0.327 e. The Bertz CT molecular complexity index is 141. The first kappa shape index (κ1) is 11.0. The van der Waals surface area contributed by atoms with Gasteiger partial charge in [-0.15, -0.1) is 0 Å². The van der Waals surface area contributed by atoms with Gasteiger partial charge in [0.15, 0.2) is 0 Å². The minimum atomic E-state index is 0.473. The molecule has 1 aliphatic carbocycles. The third kappa shape index (κ3) is 3.30. The van der Waals surface area contributed by atoms with E-state index in [0.29, 0.717) is 11.5 Å². The molecule has 0 bridgehead atoms. The Balaban J connectivity index is 2.32. The second kappa shape index (κ2) is 4.45. The molecule has 2 N–H and O–H groups in total. The molecule has 0 aliphatic heterocycles. The summed E-state index contributed by atoms with van der Waals surface area (Å²) in [7, 11) is 0. The second-order valence-corrected chi connectivity index (χ2v) is 5.45. The molecule has 1 fully saturated rings. The zero-order chi connectivity index (χ0) is 9.90. The Morgan fingerprint density at radius 1 is 1.31 bits per heavy atom. The first-order valence-electron chi connectivity index (χ1n) is 5.81. The van der Waals surface area contributed by atoms with E-state index in [0.717, 1.165) is 5.92 Å². The standard InChI is InChI=1S/C12H25N/c1-4-5-11(13)10-6-8-12(2,3)9-7-10/h10-11H,4-9,13H2,1-3H3/t11-/m1/s1. The van der Waals surface area contributed by atoms with Crippen LogP contribution in [0.1, 0.15) is 59.3 Å². The third-order valence-electron chi connectivity index (χ3n) is 3.61. The van der Waals surface area contributed by atoms with Crippen LogP contribution in [0.3, 0.4) is 0 Å². The molecular weight excluding hydrogens is 158 g/mol. The smallest absolute Gasteiger partial charge is 0.00670 e. The molecule has 0 unspecified atom stereocenters. The summed E-state index contributed by atoms with van der Waals surface area (Å²) < 4.78 is 0. The van der Waals surface area contributed by atoms with Crippen molar-refractivity contribution in [2.75, 3.05) is 0 Å². The van der Waals surface area contributed by atoms with Crippen molar-refractivity contribution in [3.05, 3.63) is 0 Å². The lowest BCUT2D eigenvalue weighted by atomic mass is 9.71. The second-order valence-electron chi connectivity index (χ2n) is 5.45. The average Bonchev–Trinajstić information content (AvgIpc) is 2.04. The topological polar surface area (TPSA) is 26.0 Å². The molecule has 0 radical (unpaired) electrons. The van der Waals surface area contributed by atoms with Gasteiger partial charge in [0.2, 0.25) is 0 Å². The number of nitrogens with two attached hydrogens (primary N) is 1. The van der Waals surface area contributed by atoms with Crippen LogP contribution in [0.5, 0.6) is 0 Å². The minimum absolute atomic E-state index is 0.473. The predicted molar refractivity (Wildman–Crippen MR) is 58.6 cm³/mol. The maximum atomic E-state index is 6.15. The zero-order valence-corrected chi connectivity index (χ0v) is 9.47. The molecule has 0 aromatic carbocycles. The molecule has 1 heteroatoms. The first-order valence-corrected chi connectivity index (χ1v) is 5.81. The first-order chi connectivity index (χ1) is 6.05. The molecule has 0 spiro atoms. The molecule has 1 nitrogen and oxygen atoms in total. The van der Waals surface area contributed by atoms with Crippen molar-refractivity contribution in [3.8, 4) is 0 Å². The van der Waals surface area contributed by atoms with Crippen molar-refractivity contribution in [2.24, 2.45) is 17.1 Å². The number of hydrogen-bond donors (Lipinski definition) is 1. The van der Waals surface area contributed by atoms with Gasteiger partial charge in [-0.2, -0.15) is 0 Å². The molecule has 1 aliphatic rings. The molecule has 0 saturated heterocycles. The van der Waals surface area contributed by atoms with Crippen LogP contribution in [0.25, 0.3) is 0 Å². The highest BCUT2D eigenvalue weighted by atomic mass is 14.6. The van der Waals surface area contributed by atoms with Gasteiger partial charge in [0.1, 0.15) is 0 Å². The Kier molecular flexibility index (Phi) is 3.78. The fourth-order valence-corrected chi connectivity index (χ4v) is 2.42. The van der Waals surface area contributed by atoms with E-state index in [1.807, 2.05) is 0 Å². The van der Waals surface area contributed by atoms with Gasteiger partial charge < -0.3 is 5.73 Å². The maximum absolute atomic E-state index is 6.15. The highest BCUT2D eigenvalue weighted by molar-refractivity contribution is 4.83. The van der Waals surface area contributed by atoms with Crippen molar-refractivity contribution in [1.29, 1.82) is 0 Å². The van der Waals surface area contributed by atoms with E-state index in [9.17, 15) is 0 Å². The van der Waals surface area contributed by atoms with Crippen molar-refractivity contribution < 1.29 is 0 Å². The predicted octanol–water partition coefficient (Wildman–Crippen LogP) is 3.33. The molecule has 1 rings (SSSR count). The van der Waals surface area contributed by atoms with Crippen LogP contribution < -0.4 is 5.73 Å². The van der Waals surface area contributed by atoms with E-state index in [1.54, 1.807) is 0 Å². The van der Waals surface area contributed by atoms with Crippen molar-refractivity contribution in [2.45, 2.75) is 65.3 Å². The normalized spacial score (nSPS) is 25.8. The van der Waals surface area contributed by atoms with Crippen molar-refractivity contribution in [1.82, 2.24) is 0 Å². The number of rotatable bonds is 3.